The number of aromatic nitrogens is 2. The van der Waals surface area contributed by atoms with Gasteiger partial charge in [-0.25, -0.2) is 5.01 Å². The Morgan fingerprint density at radius 3 is 2.59 bits per heavy atom. The number of nitrogens with zero attached hydrogens (tertiary/aromatic N) is 5. The van der Waals surface area contributed by atoms with E-state index in [4.69, 9.17) is 16.3 Å². The molecule has 0 N–H and O–H groups in total. The number of rotatable bonds is 7. The highest BCUT2D eigenvalue weighted by Crippen LogP contribution is 2.36. The Balaban J connectivity index is 1.31. The minimum absolute atomic E-state index is 0.00906. The van der Waals surface area contributed by atoms with Crippen molar-refractivity contribution < 1.29 is 27.5 Å². The van der Waals surface area contributed by atoms with Crippen molar-refractivity contribution in [3.05, 3.63) is 69.2 Å². The summed E-state index contributed by atoms with van der Waals surface area (Å²) in [5.41, 5.74) is 0.561. The van der Waals surface area contributed by atoms with E-state index >= 15 is 0 Å². The second-order valence-electron chi connectivity index (χ2n) is 9.20. The lowest BCUT2D eigenvalue weighted by Gasteiger charge is -2.37. The molecule has 8 nitrogen and oxygen atoms in total. The standard InChI is InChI=1S/C26H25ClF3N5O3S/c1-38-11-10-32-6-8-33(9-7-32)35-24(36)23(39-25(35)37)13-17-2-5-22-19(12-17)15-31-34(22)16-18-3-4-20(27)14-21(18)26(28,29)30/h2-5,12-15H,6-11,16H2,1H3. The van der Waals surface area contributed by atoms with Crippen molar-refractivity contribution in [2.24, 2.45) is 0 Å². The molecule has 2 aromatic carbocycles. The van der Waals surface area contributed by atoms with E-state index in [1.165, 1.54) is 21.8 Å². The molecule has 0 atom stereocenters. The van der Waals surface area contributed by atoms with Gasteiger partial charge in [0.05, 0.1) is 35.3 Å². The van der Waals surface area contributed by atoms with Crippen molar-refractivity contribution in [3.8, 4) is 0 Å². The predicted molar refractivity (Wildman–Crippen MR) is 143 cm³/mol. The zero-order valence-corrected chi connectivity index (χ0v) is 22.5. The molecule has 0 bridgehead atoms. The normalized spacial score (nSPS) is 18.7. The van der Waals surface area contributed by atoms with Gasteiger partial charge in [0.15, 0.2) is 0 Å². The van der Waals surface area contributed by atoms with Gasteiger partial charge in [-0.1, -0.05) is 23.7 Å². The van der Waals surface area contributed by atoms with E-state index in [1.54, 1.807) is 42.6 Å². The average Bonchev–Trinajstić information content (AvgIpc) is 3.42. The van der Waals surface area contributed by atoms with E-state index < -0.39 is 11.7 Å². The van der Waals surface area contributed by atoms with Crippen LogP contribution in [0.5, 0.6) is 0 Å². The zero-order chi connectivity index (χ0) is 27.7. The van der Waals surface area contributed by atoms with E-state index in [0.717, 1.165) is 37.5 Å². The van der Waals surface area contributed by atoms with Crippen LogP contribution >= 0.6 is 23.4 Å². The topological polar surface area (TPSA) is 70.9 Å². The molecule has 2 saturated heterocycles. The first-order valence-electron chi connectivity index (χ1n) is 12.2. The van der Waals surface area contributed by atoms with Crippen molar-refractivity contribution in [1.29, 1.82) is 0 Å². The van der Waals surface area contributed by atoms with Crippen LogP contribution in [0.1, 0.15) is 16.7 Å². The summed E-state index contributed by atoms with van der Waals surface area (Å²) in [6.45, 7) is 3.91. The van der Waals surface area contributed by atoms with Crippen LogP contribution in [0.2, 0.25) is 5.02 Å². The van der Waals surface area contributed by atoms with Crippen molar-refractivity contribution >= 4 is 51.5 Å². The number of hydrazine groups is 1. The molecule has 0 radical (unpaired) electrons. The van der Waals surface area contributed by atoms with Gasteiger partial charge in [0, 0.05) is 50.2 Å². The van der Waals surface area contributed by atoms with Crippen LogP contribution in [-0.4, -0.2) is 82.3 Å². The Bertz CT molecular complexity index is 1440. The molecule has 39 heavy (non-hydrogen) atoms. The fraction of sp³-hybridized carbons (Fsp3) is 0.346. The number of carbonyl (C=O) groups is 2. The van der Waals surface area contributed by atoms with E-state index in [9.17, 15) is 22.8 Å². The second kappa shape index (κ2) is 11.3. The Kier molecular flexibility index (Phi) is 8.01. The number of piperazine rings is 1. The second-order valence-corrected chi connectivity index (χ2v) is 10.6. The first-order valence-corrected chi connectivity index (χ1v) is 13.4. The van der Waals surface area contributed by atoms with Gasteiger partial charge in [-0.15, -0.1) is 0 Å². The molecule has 1 aromatic heterocycles. The highest BCUT2D eigenvalue weighted by Gasteiger charge is 2.40. The van der Waals surface area contributed by atoms with Crippen LogP contribution in [0.25, 0.3) is 17.0 Å². The fourth-order valence-electron chi connectivity index (χ4n) is 4.67. The lowest BCUT2D eigenvalue weighted by Crippen LogP contribution is -2.55. The van der Waals surface area contributed by atoms with Gasteiger partial charge in [-0.3, -0.25) is 19.2 Å². The maximum atomic E-state index is 13.5. The summed E-state index contributed by atoms with van der Waals surface area (Å²) in [6.07, 6.45) is -1.33. The molecule has 206 valence electrons. The van der Waals surface area contributed by atoms with E-state index in [0.29, 0.717) is 41.1 Å². The smallest absolute Gasteiger partial charge is 0.383 e. The van der Waals surface area contributed by atoms with Crippen LogP contribution in [0.4, 0.5) is 18.0 Å². The largest absolute Gasteiger partial charge is 0.416 e. The van der Waals surface area contributed by atoms with E-state index in [1.807, 2.05) is 0 Å². The Hall–Kier alpha value is -2.90. The Labute approximate surface area is 231 Å². The van der Waals surface area contributed by atoms with Gasteiger partial charge in [0.25, 0.3) is 5.91 Å². The number of amides is 2. The minimum atomic E-state index is -4.54. The summed E-state index contributed by atoms with van der Waals surface area (Å²) < 4.78 is 47.2. The number of alkyl halides is 3. The summed E-state index contributed by atoms with van der Waals surface area (Å²) >= 11 is 6.68. The molecule has 3 heterocycles. The summed E-state index contributed by atoms with van der Waals surface area (Å²) in [5, 5.41) is 7.63. The molecule has 3 aromatic rings. The maximum Gasteiger partial charge on any atom is 0.416 e. The molecule has 2 aliphatic heterocycles. The van der Waals surface area contributed by atoms with Crippen LogP contribution in [0.3, 0.4) is 0 Å². The highest BCUT2D eigenvalue weighted by atomic mass is 35.5. The summed E-state index contributed by atoms with van der Waals surface area (Å²) in [7, 11) is 1.65. The van der Waals surface area contributed by atoms with Crippen molar-refractivity contribution in [1.82, 2.24) is 24.7 Å². The number of hydrogen-bond donors (Lipinski definition) is 0. The monoisotopic (exact) mass is 579 g/mol. The van der Waals surface area contributed by atoms with Crippen LogP contribution in [0.15, 0.2) is 47.5 Å². The molecule has 5 rings (SSSR count). The zero-order valence-electron chi connectivity index (χ0n) is 20.9. The third-order valence-electron chi connectivity index (χ3n) is 6.68. The number of hydrogen-bond acceptors (Lipinski definition) is 7. The minimum Gasteiger partial charge on any atom is -0.383 e. The van der Waals surface area contributed by atoms with Crippen LogP contribution in [0, 0.1) is 0 Å². The molecule has 2 fully saturated rings. The molecule has 0 aliphatic carbocycles. The number of ether oxygens (including phenoxy) is 1. The first-order chi connectivity index (χ1) is 18.6. The third kappa shape index (κ3) is 5.99. The van der Waals surface area contributed by atoms with Crippen molar-refractivity contribution in [2.45, 2.75) is 12.7 Å². The number of thioether (sulfide) groups is 1. The summed E-state index contributed by atoms with van der Waals surface area (Å²) in [5.74, 6) is -0.367. The van der Waals surface area contributed by atoms with Gasteiger partial charge >= 0.3 is 11.4 Å². The summed E-state index contributed by atoms with van der Waals surface area (Å²) in [4.78, 5) is 28.3. The lowest BCUT2D eigenvalue weighted by molar-refractivity contribution is -0.138. The van der Waals surface area contributed by atoms with Crippen LogP contribution in [-0.2, 0) is 22.3 Å². The van der Waals surface area contributed by atoms with E-state index in [2.05, 4.69) is 10.00 Å². The van der Waals surface area contributed by atoms with Crippen LogP contribution < -0.4 is 0 Å². The SMILES string of the molecule is COCCN1CCN(N2C(=O)SC(=Cc3ccc4c(cnn4Cc4ccc(Cl)cc4C(F)(F)F)c3)C2=O)CC1. The Morgan fingerprint density at radius 1 is 1.10 bits per heavy atom. The van der Waals surface area contributed by atoms with Gasteiger partial charge < -0.3 is 4.74 Å². The number of methoxy groups -OCH3 is 1. The molecule has 0 spiro atoms. The Morgan fingerprint density at radius 2 is 1.87 bits per heavy atom. The highest BCUT2D eigenvalue weighted by molar-refractivity contribution is 8.18. The molecule has 2 amide bonds. The third-order valence-corrected chi connectivity index (χ3v) is 7.77. The van der Waals surface area contributed by atoms with Gasteiger partial charge in [0.1, 0.15) is 0 Å². The van der Waals surface area contributed by atoms with Gasteiger partial charge in [-0.2, -0.15) is 23.3 Å². The quantitative estimate of drug-likeness (QED) is 0.366. The predicted octanol–water partition coefficient (Wildman–Crippen LogP) is 4.97. The number of carbonyl (C=O) groups excluding carboxylic acids is 2. The fourth-order valence-corrected chi connectivity index (χ4v) is 5.68. The molecule has 13 heteroatoms. The molecule has 0 saturated carbocycles. The molecular formula is C26H25ClF3N5O3S. The van der Waals surface area contributed by atoms with Crippen molar-refractivity contribution in [2.75, 3.05) is 46.4 Å². The molecule has 2 aliphatic rings. The number of benzene rings is 2. The lowest BCUT2D eigenvalue weighted by atomic mass is 10.1. The van der Waals surface area contributed by atoms with Gasteiger partial charge in [-0.05, 0) is 53.2 Å². The van der Waals surface area contributed by atoms with Crippen molar-refractivity contribution in [3.63, 3.8) is 0 Å². The number of fused-ring (bicyclic) bond motifs is 1. The van der Waals surface area contributed by atoms with E-state index in [-0.39, 0.29) is 28.3 Å². The maximum absolute atomic E-state index is 13.5. The average molecular weight is 580 g/mol. The first kappa shape index (κ1) is 27.7. The number of imide groups is 1. The number of halogens is 4. The summed E-state index contributed by atoms with van der Waals surface area (Å²) in [6, 6.07) is 8.95. The molecular weight excluding hydrogens is 555 g/mol. The van der Waals surface area contributed by atoms with Gasteiger partial charge in [0.2, 0.25) is 0 Å². The molecule has 0 unspecified atom stereocenters.